The molecule has 2 N–H and O–H groups in total. The van der Waals surface area contributed by atoms with Crippen LogP contribution in [0.15, 0.2) is 72.9 Å². The second-order valence-corrected chi connectivity index (χ2v) is 9.07. The molecule has 0 bridgehead atoms. The van der Waals surface area contributed by atoms with Gasteiger partial charge in [0.05, 0.1) is 18.2 Å². The summed E-state index contributed by atoms with van der Waals surface area (Å²) in [6.07, 6.45) is 2.64. The maximum atomic E-state index is 11.5. The van der Waals surface area contributed by atoms with Crippen LogP contribution in [0.1, 0.15) is 25.1 Å². The molecule has 8 heteroatoms. The largest absolute Gasteiger partial charge is 0.483 e. The van der Waals surface area contributed by atoms with E-state index in [1.54, 1.807) is 24.4 Å². The van der Waals surface area contributed by atoms with Crippen LogP contribution in [-0.4, -0.2) is 33.9 Å². The van der Waals surface area contributed by atoms with Crippen molar-refractivity contribution in [1.82, 2.24) is 14.8 Å². The Kier molecular flexibility index (Phi) is 5.94. The van der Waals surface area contributed by atoms with Crippen LogP contribution in [0.3, 0.4) is 0 Å². The third-order valence-corrected chi connectivity index (χ3v) is 6.65. The van der Waals surface area contributed by atoms with Crippen LogP contribution < -0.4 is 15.2 Å². The number of carbonyl (C=O) groups excluding carboxylic acids is 1. The normalized spacial score (nSPS) is 15.3. The maximum absolute atomic E-state index is 11.5. The molecule has 5 aromatic rings. The minimum Gasteiger partial charge on any atom is -0.483 e. The first kappa shape index (κ1) is 23.0. The molecular weight excluding hydrogens is 468 g/mol. The molecule has 0 saturated carbocycles. The molecule has 186 valence electrons. The van der Waals surface area contributed by atoms with E-state index in [4.69, 9.17) is 25.0 Å². The first-order chi connectivity index (χ1) is 18.1. The van der Waals surface area contributed by atoms with Gasteiger partial charge in [-0.25, -0.2) is 4.98 Å². The first-order valence-electron chi connectivity index (χ1n) is 12.2. The molecule has 1 aliphatic heterocycles. The summed E-state index contributed by atoms with van der Waals surface area (Å²) < 4.78 is 19.1. The zero-order valence-electron chi connectivity index (χ0n) is 20.4. The molecule has 8 nitrogen and oxygen atoms in total. The molecule has 1 saturated heterocycles. The van der Waals surface area contributed by atoms with Crippen molar-refractivity contribution in [3.8, 4) is 22.6 Å². The monoisotopic (exact) mass is 494 g/mol. The predicted octanol–water partition coefficient (Wildman–Crippen LogP) is 5.30. The number of hydrogen-bond donors (Lipinski definition) is 1. The maximum Gasteiger partial charge on any atom is 0.308 e. The molecule has 0 aliphatic carbocycles. The third-order valence-electron chi connectivity index (χ3n) is 6.65. The minimum atomic E-state index is -0.400. The van der Waals surface area contributed by atoms with Gasteiger partial charge in [0.15, 0.2) is 11.5 Å². The van der Waals surface area contributed by atoms with Crippen LogP contribution in [0.4, 0.5) is 5.82 Å². The van der Waals surface area contributed by atoms with Gasteiger partial charge < -0.3 is 19.9 Å². The Balaban J connectivity index is 1.43. The summed E-state index contributed by atoms with van der Waals surface area (Å²) in [6.45, 7) is 2.93. The van der Waals surface area contributed by atoms with Crippen LogP contribution in [0.5, 0.6) is 11.5 Å². The number of aromatic nitrogens is 3. The van der Waals surface area contributed by atoms with E-state index < -0.39 is 5.97 Å². The zero-order chi connectivity index (χ0) is 25.4. The summed E-state index contributed by atoms with van der Waals surface area (Å²) in [4.78, 5) is 15.8. The van der Waals surface area contributed by atoms with Crippen LogP contribution in [0.25, 0.3) is 32.8 Å². The number of nitrogen functional groups attached to an aromatic ring is 1. The van der Waals surface area contributed by atoms with Crippen LogP contribution in [-0.2, 0) is 16.1 Å². The standard InChI is InChI=1S/C29H26N4O4/c1-18(34)37-28-8-3-2-7-27(28)36-17-25-24-15-19(9-10-26(24)33(32-25)20-12-14-35-16-20)21-5-4-6-23-22(21)11-13-31-29(23)30/h2-11,13,15,20H,12,14,16-17H2,1H3,(H2,30,31). The van der Waals surface area contributed by atoms with Gasteiger partial charge in [0.2, 0.25) is 0 Å². The Morgan fingerprint density at radius 1 is 1.05 bits per heavy atom. The summed E-state index contributed by atoms with van der Waals surface area (Å²) in [7, 11) is 0. The Hall–Kier alpha value is -4.43. The van der Waals surface area contributed by atoms with Crippen molar-refractivity contribution in [1.29, 1.82) is 0 Å². The number of pyridine rings is 1. The van der Waals surface area contributed by atoms with Crippen LogP contribution in [0, 0.1) is 0 Å². The Morgan fingerprint density at radius 2 is 1.92 bits per heavy atom. The second kappa shape index (κ2) is 9.55. The predicted molar refractivity (Wildman–Crippen MR) is 141 cm³/mol. The highest BCUT2D eigenvalue weighted by Crippen LogP contribution is 2.35. The fourth-order valence-corrected chi connectivity index (χ4v) is 4.91. The molecule has 2 aromatic heterocycles. The number of ether oxygens (including phenoxy) is 3. The number of anilines is 1. The molecule has 1 atom stereocenters. The van der Waals surface area contributed by atoms with Crippen LogP contribution in [0.2, 0.25) is 0 Å². The number of nitrogens with two attached hydrogens (primary N) is 1. The highest BCUT2D eigenvalue weighted by molar-refractivity contribution is 6.02. The summed E-state index contributed by atoms with van der Waals surface area (Å²) in [6, 6.07) is 21.7. The molecular formula is C29H26N4O4. The molecule has 37 heavy (non-hydrogen) atoms. The number of para-hydroxylation sites is 2. The molecule has 0 amide bonds. The average Bonchev–Trinajstić information content (AvgIpc) is 3.56. The van der Waals surface area contributed by atoms with Gasteiger partial charge in [-0.2, -0.15) is 5.10 Å². The summed E-state index contributed by atoms with van der Waals surface area (Å²) in [5.41, 5.74) is 10.1. The molecule has 1 aliphatic rings. The molecule has 0 radical (unpaired) electrons. The first-order valence-corrected chi connectivity index (χ1v) is 12.2. The van der Waals surface area contributed by atoms with Crippen molar-refractivity contribution in [3.05, 3.63) is 78.6 Å². The number of nitrogens with zero attached hydrogens (tertiary/aromatic N) is 3. The van der Waals surface area contributed by atoms with Crippen molar-refractivity contribution in [2.24, 2.45) is 0 Å². The Labute approximate surface area is 213 Å². The van der Waals surface area contributed by atoms with Gasteiger partial charge in [0.1, 0.15) is 18.1 Å². The number of fused-ring (bicyclic) bond motifs is 2. The average molecular weight is 495 g/mol. The van der Waals surface area contributed by atoms with Gasteiger partial charge in [-0.15, -0.1) is 0 Å². The SMILES string of the molecule is CC(=O)Oc1ccccc1OCc1nn(C2CCOC2)c2ccc(-c3cccc4c(N)nccc34)cc12. The smallest absolute Gasteiger partial charge is 0.308 e. The highest BCUT2D eigenvalue weighted by Gasteiger charge is 2.23. The minimum absolute atomic E-state index is 0.166. The van der Waals surface area contributed by atoms with Crippen molar-refractivity contribution >= 4 is 33.5 Å². The third kappa shape index (κ3) is 4.36. The van der Waals surface area contributed by atoms with Gasteiger partial charge in [-0.1, -0.05) is 36.4 Å². The van der Waals surface area contributed by atoms with E-state index >= 15 is 0 Å². The van der Waals surface area contributed by atoms with Gasteiger partial charge in [0, 0.05) is 30.5 Å². The van der Waals surface area contributed by atoms with E-state index in [9.17, 15) is 4.79 Å². The van der Waals surface area contributed by atoms with E-state index in [0.29, 0.717) is 23.9 Å². The van der Waals surface area contributed by atoms with Gasteiger partial charge >= 0.3 is 5.97 Å². The van der Waals surface area contributed by atoms with Crippen molar-refractivity contribution < 1.29 is 19.0 Å². The summed E-state index contributed by atoms with van der Waals surface area (Å²) in [5, 5.41) is 7.92. The topological polar surface area (TPSA) is 101 Å². The number of hydrogen-bond acceptors (Lipinski definition) is 7. The lowest BCUT2D eigenvalue weighted by Gasteiger charge is -2.11. The molecule has 1 fully saturated rings. The molecule has 1 unspecified atom stereocenters. The molecule has 6 rings (SSSR count). The number of rotatable bonds is 6. The second-order valence-electron chi connectivity index (χ2n) is 9.07. The van der Waals surface area contributed by atoms with E-state index in [2.05, 4.69) is 29.2 Å². The van der Waals surface area contributed by atoms with Gasteiger partial charge in [-0.3, -0.25) is 9.48 Å². The van der Waals surface area contributed by atoms with E-state index in [-0.39, 0.29) is 12.6 Å². The summed E-state index contributed by atoms with van der Waals surface area (Å²) in [5.74, 6) is 0.973. The van der Waals surface area contributed by atoms with Crippen LogP contribution >= 0.6 is 0 Å². The van der Waals surface area contributed by atoms with E-state index in [1.165, 1.54) is 6.92 Å². The number of carbonyl (C=O) groups is 1. The highest BCUT2D eigenvalue weighted by atomic mass is 16.6. The Morgan fingerprint density at radius 3 is 2.73 bits per heavy atom. The lowest BCUT2D eigenvalue weighted by molar-refractivity contribution is -0.132. The van der Waals surface area contributed by atoms with Gasteiger partial charge in [0.25, 0.3) is 0 Å². The van der Waals surface area contributed by atoms with Gasteiger partial charge in [-0.05, 0) is 53.3 Å². The molecule has 3 heterocycles. The molecule has 3 aromatic carbocycles. The fraction of sp³-hybridized carbons (Fsp3) is 0.207. The van der Waals surface area contributed by atoms with Crippen molar-refractivity contribution in [3.63, 3.8) is 0 Å². The van der Waals surface area contributed by atoms with E-state index in [1.807, 2.05) is 28.9 Å². The quantitative estimate of drug-likeness (QED) is 0.252. The van der Waals surface area contributed by atoms with Crippen molar-refractivity contribution in [2.45, 2.75) is 26.0 Å². The molecule has 0 spiro atoms. The lowest BCUT2D eigenvalue weighted by atomic mass is 9.97. The zero-order valence-corrected chi connectivity index (χ0v) is 20.4. The Bertz CT molecular complexity index is 1620. The van der Waals surface area contributed by atoms with E-state index in [0.717, 1.165) is 51.5 Å². The fourth-order valence-electron chi connectivity index (χ4n) is 4.91. The van der Waals surface area contributed by atoms with Crippen molar-refractivity contribution in [2.75, 3.05) is 18.9 Å². The lowest BCUT2D eigenvalue weighted by Crippen LogP contribution is -2.11. The number of benzene rings is 3. The summed E-state index contributed by atoms with van der Waals surface area (Å²) >= 11 is 0. The number of esters is 1.